The number of nitrogens with one attached hydrogen (secondary N) is 2. The van der Waals surface area contributed by atoms with E-state index in [1.807, 2.05) is 60.7 Å². The van der Waals surface area contributed by atoms with Crippen LogP contribution in [-0.2, 0) is 0 Å². The van der Waals surface area contributed by atoms with Crippen LogP contribution < -0.4 is 10.6 Å². The van der Waals surface area contributed by atoms with Gasteiger partial charge in [-0.15, -0.1) is 0 Å². The molecule has 0 aromatic heterocycles. The van der Waals surface area contributed by atoms with Crippen LogP contribution in [0.3, 0.4) is 0 Å². The van der Waals surface area contributed by atoms with Gasteiger partial charge in [-0.05, 0) is 25.0 Å². The lowest BCUT2D eigenvalue weighted by atomic mass is 9.96. The van der Waals surface area contributed by atoms with E-state index in [9.17, 15) is 4.79 Å². The normalized spacial score (nSPS) is 15.8. The van der Waals surface area contributed by atoms with E-state index in [-0.39, 0.29) is 12.1 Å². The fourth-order valence-electron chi connectivity index (χ4n) is 2.97. The molecule has 1 fully saturated rings. The number of carbonyl (C=O) groups is 1. The van der Waals surface area contributed by atoms with Crippen molar-refractivity contribution in [3.8, 4) is 0 Å². The molecule has 1 saturated carbocycles. The van der Waals surface area contributed by atoms with Crippen LogP contribution in [0, 0.1) is 0 Å². The van der Waals surface area contributed by atoms with E-state index in [0.717, 1.165) is 24.1 Å². The number of benzene rings is 2. The van der Waals surface area contributed by atoms with E-state index >= 15 is 0 Å². The van der Waals surface area contributed by atoms with Gasteiger partial charge in [0, 0.05) is 11.6 Å². The van der Waals surface area contributed by atoms with E-state index in [4.69, 9.17) is 0 Å². The number of urea groups is 1. The molecule has 2 aromatic rings. The zero-order valence-corrected chi connectivity index (χ0v) is 13.7. The van der Waals surface area contributed by atoms with E-state index in [1.165, 1.54) is 19.3 Å². The van der Waals surface area contributed by atoms with Gasteiger partial charge in [0.1, 0.15) is 5.84 Å². The highest BCUT2D eigenvalue weighted by Crippen LogP contribution is 2.17. The minimum absolute atomic E-state index is 0.180. The summed E-state index contributed by atoms with van der Waals surface area (Å²) in [6.45, 7) is 0. The second kappa shape index (κ2) is 8.29. The summed E-state index contributed by atoms with van der Waals surface area (Å²) in [5.74, 6) is 0.565. The number of hydrogen-bond donors (Lipinski definition) is 2. The summed E-state index contributed by atoms with van der Waals surface area (Å²) < 4.78 is 0. The average Bonchev–Trinajstić information content (AvgIpc) is 2.63. The van der Waals surface area contributed by atoms with Crippen LogP contribution >= 0.6 is 0 Å². The maximum absolute atomic E-state index is 12.4. The standard InChI is InChI=1S/C20H23N3O/c24-20(22-18-14-8-3-9-15-18)23-19(16-10-4-1-5-11-16)21-17-12-6-2-7-13-17/h1-2,4-7,10-13,18H,3,8-9,14-15H2,(H2,21,22,23,24). The van der Waals surface area contributed by atoms with Gasteiger partial charge in [-0.3, -0.25) is 5.32 Å². The number of aliphatic imine (C=N–C) groups is 1. The molecule has 2 N–H and O–H groups in total. The molecule has 0 unspecified atom stereocenters. The molecule has 0 bridgehead atoms. The lowest BCUT2D eigenvalue weighted by Crippen LogP contribution is -2.45. The van der Waals surface area contributed by atoms with Crippen molar-refractivity contribution in [2.24, 2.45) is 4.99 Å². The molecule has 24 heavy (non-hydrogen) atoms. The third kappa shape index (κ3) is 4.69. The third-order valence-electron chi connectivity index (χ3n) is 4.22. The molecule has 1 aliphatic rings. The second-order valence-corrected chi connectivity index (χ2v) is 6.10. The number of nitrogens with zero attached hydrogens (tertiary/aromatic N) is 1. The molecule has 0 atom stereocenters. The smallest absolute Gasteiger partial charge is 0.320 e. The number of amides is 2. The van der Waals surface area contributed by atoms with Crippen LogP contribution in [0.25, 0.3) is 0 Å². The summed E-state index contributed by atoms with van der Waals surface area (Å²) in [7, 11) is 0. The van der Waals surface area contributed by atoms with Crippen LogP contribution in [0.1, 0.15) is 37.7 Å². The topological polar surface area (TPSA) is 53.5 Å². The van der Waals surface area contributed by atoms with Gasteiger partial charge in [-0.1, -0.05) is 67.8 Å². The van der Waals surface area contributed by atoms with E-state index in [1.54, 1.807) is 0 Å². The zero-order valence-electron chi connectivity index (χ0n) is 13.7. The average molecular weight is 321 g/mol. The predicted octanol–water partition coefficient (Wildman–Crippen LogP) is 4.40. The van der Waals surface area contributed by atoms with Crippen LogP contribution in [0.2, 0.25) is 0 Å². The monoisotopic (exact) mass is 321 g/mol. The van der Waals surface area contributed by atoms with E-state index in [0.29, 0.717) is 5.84 Å². The van der Waals surface area contributed by atoms with Crippen molar-refractivity contribution in [3.63, 3.8) is 0 Å². The minimum Gasteiger partial charge on any atom is -0.335 e. The van der Waals surface area contributed by atoms with Crippen LogP contribution in [-0.4, -0.2) is 17.9 Å². The molecule has 0 heterocycles. The molecule has 0 aliphatic heterocycles. The summed E-state index contributed by atoms with van der Waals surface area (Å²) in [4.78, 5) is 17.0. The maximum atomic E-state index is 12.4. The Bertz CT molecular complexity index is 677. The van der Waals surface area contributed by atoms with Crippen LogP contribution in [0.4, 0.5) is 10.5 Å². The Balaban J connectivity index is 1.75. The Morgan fingerprint density at radius 3 is 2.17 bits per heavy atom. The summed E-state index contributed by atoms with van der Waals surface area (Å²) >= 11 is 0. The largest absolute Gasteiger partial charge is 0.335 e. The first-order chi connectivity index (χ1) is 11.8. The molecule has 124 valence electrons. The molecular weight excluding hydrogens is 298 g/mol. The van der Waals surface area contributed by atoms with Crippen molar-refractivity contribution >= 4 is 17.6 Å². The Morgan fingerprint density at radius 1 is 0.875 bits per heavy atom. The fraction of sp³-hybridized carbons (Fsp3) is 0.300. The van der Waals surface area contributed by atoms with E-state index < -0.39 is 0 Å². The summed E-state index contributed by atoms with van der Waals surface area (Å²) in [6.07, 6.45) is 5.77. The number of hydrogen-bond acceptors (Lipinski definition) is 2. The van der Waals surface area contributed by atoms with Gasteiger partial charge in [0.05, 0.1) is 5.69 Å². The first-order valence-electron chi connectivity index (χ1n) is 8.58. The van der Waals surface area contributed by atoms with Gasteiger partial charge in [0.15, 0.2) is 0 Å². The lowest BCUT2D eigenvalue weighted by molar-refractivity contribution is 0.237. The Morgan fingerprint density at radius 2 is 1.50 bits per heavy atom. The highest BCUT2D eigenvalue weighted by Gasteiger charge is 2.16. The molecule has 3 rings (SSSR count). The van der Waals surface area contributed by atoms with E-state index in [2.05, 4.69) is 15.6 Å². The van der Waals surface area contributed by atoms with Gasteiger partial charge in [-0.25, -0.2) is 9.79 Å². The number of rotatable bonds is 3. The Hall–Kier alpha value is -2.62. The lowest BCUT2D eigenvalue weighted by Gasteiger charge is -2.23. The molecule has 0 spiro atoms. The molecule has 0 radical (unpaired) electrons. The van der Waals surface area contributed by atoms with Crippen molar-refractivity contribution in [3.05, 3.63) is 66.2 Å². The van der Waals surface area contributed by atoms with Gasteiger partial charge in [-0.2, -0.15) is 0 Å². The number of para-hydroxylation sites is 1. The highest BCUT2D eigenvalue weighted by molar-refractivity contribution is 6.08. The summed E-state index contributed by atoms with van der Waals surface area (Å²) in [5, 5.41) is 6.00. The van der Waals surface area contributed by atoms with Crippen molar-refractivity contribution in [1.29, 1.82) is 0 Å². The highest BCUT2D eigenvalue weighted by atomic mass is 16.2. The third-order valence-corrected chi connectivity index (χ3v) is 4.22. The van der Waals surface area contributed by atoms with Crippen molar-refractivity contribution in [1.82, 2.24) is 10.6 Å². The van der Waals surface area contributed by atoms with Gasteiger partial charge >= 0.3 is 6.03 Å². The van der Waals surface area contributed by atoms with Crippen LogP contribution in [0.15, 0.2) is 65.7 Å². The van der Waals surface area contributed by atoms with Crippen molar-refractivity contribution < 1.29 is 4.79 Å². The summed E-state index contributed by atoms with van der Waals surface area (Å²) in [6, 6.07) is 19.5. The molecule has 1 aliphatic carbocycles. The Kier molecular flexibility index (Phi) is 5.61. The van der Waals surface area contributed by atoms with Crippen LogP contribution in [0.5, 0.6) is 0 Å². The molecule has 0 saturated heterocycles. The molecule has 4 heteroatoms. The number of carbonyl (C=O) groups excluding carboxylic acids is 1. The van der Waals surface area contributed by atoms with Crippen molar-refractivity contribution in [2.45, 2.75) is 38.1 Å². The molecule has 4 nitrogen and oxygen atoms in total. The minimum atomic E-state index is -0.180. The second-order valence-electron chi connectivity index (χ2n) is 6.10. The predicted molar refractivity (Wildman–Crippen MR) is 97.6 cm³/mol. The molecule has 2 amide bonds. The summed E-state index contributed by atoms with van der Waals surface area (Å²) in [5.41, 5.74) is 1.70. The molecular formula is C20H23N3O. The maximum Gasteiger partial charge on any atom is 0.320 e. The SMILES string of the molecule is O=C(NC(=Nc1ccccc1)c1ccccc1)NC1CCCCC1. The van der Waals surface area contributed by atoms with Crippen molar-refractivity contribution in [2.75, 3.05) is 0 Å². The first-order valence-corrected chi connectivity index (χ1v) is 8.58. The molecule has 2 aromatic carbocycles. The first kappa shape index (κ1) is 16.2. The Labute approximate surface area is 143 Å². The van der Waals surface area contributed by atoms with Gasteiger partial charge in [0.2, 0.25) is 0 Å². The van der Waals surface area contributed by atoms with Gasteiger partial charge < -0.3 is 5.32 Å². The number of amidine groups is 1. The van der Waals surface area contributed by atoms with Gasteiger partial charge in [0.25, 0.3) is 0 Å². The fourth-order valence-corrected chi connectivity index (χ4v) is 2.97. The zero-order chi connectivity index (χ0) is 16.6. The quantitative estimate of drug-likeness (QED) is 0.639.